The van der Waals surface area contributed by atoms with Crippen LogP contribution in [0.5, 0.6) is 0 Å². The third-order valence-corrected chi connectivity index (χ3v) is 1.43. The number of rotatable bonds is 2. The van der Waals surface area contributed by atoms with Gasteiger partial charge in [0.2, 0.25) is 0 Å². The summed E-state index contributed by atoms with van der Waals surface area (Å²) in [6.45, 7) is 1.49. The van der Waals surface area contributed by atoms with E-state index in [9.17, 15) is 0 Å². The van der Waals surface area contributed by atoms with Gasteiger partial charge in [-0.1, -0.05) is 0 Å². The number of hydrogen-bond acceptors (Lipinski definition) is 6. The topological polar surface area (TPSA) is 156 Å². The molecule has 1 unspecified atom stereocenters. The van der Waals surface area contributed by atoms with Gasteiger partial charge in [-0.3, -0.25) is 9.11 Å². The van der Waals surface area contributed by atoms with Crippen LogP contribution in [0.4, 0.5) is 0 Å². The SMILES string of the molecule is C[P]C(O)C(O)(O)O.O=S(=O)(O)O. The first kappa shape index (κ1) is 15.6. The van der Waals surface area contributed by atoms with Crippen molar-refractivity contribution in [3.63, 3.8) is 0 Å². The second kappa shape index (κ2) is 5.78. The van der Waals surface area contributed by atoms with E-state index in [4.69, 9.17) is 37.9 Å². The van der Waals surface area contributed by atoms with E-state index in [1.807, 2.05) is 0 Å². The van der Waals surface area contributed by atoms with Crippen molar-refractivity contribution in [2.45, 2.75) is 11.8 Å². The van der Waals surface area contributed by atoms with Gasteiger partial charge in [0.15, 0.2) is 5.85 Å². The largest absolute Gasteiger partial charge is 0.394 e. The Labute approximate surface area is 76.2 Å². The van der Waals surface area contributed by atoms with Crippen LogP contribution >= 0.6 is 8.58 Å². The number of aliphatic hydroxyl groups is 4. The van der Waals surface area contributed by atoms with Gasteiger partial charge in [0.25, 0.3) is 0 Å². The van der Waals surface area contributed by atoms with Crippen molar-refractivity contribution in [3.8, 4) is 0 Å². The van der Waals surface area contributed by atoms with Crippen LogP contribution in [0.1, 0.15) is 0 Å². The summed E-state index contributed by atoms with van der Waals surface area (Å²) in [6.07, 6.45) is 0. The Morgan fingerprint density at radius 1 is 1.23 bits per heavy atom. The highest BCUT2D eigenvalue weighted by Gasteiger charge is 2.28. The van der Waals surface area contributed by atoms with Gasteiger partial charge in [0.1, 0.15) is 0 Å². The van der Waals surface area contributed by atoms with E-state index >= 15 is 0 Å². The zero-order chi connectivity index (χ0) is 11.3. The first-order valence-electron chi connectivity index (χ1n) is 2.62. The van der Waals surface area contributed by atoms with E-state index < -0.39 is 22.2 Å². The molecule has 1 radical (unpaired) electrons. The Morgan fingerprint density at radius 2 is 1.46 bits per heavy atom. The smallest absolute Gasteiger partial charge is 0.380 e. The molecule has 0 spiro atoms. The van der Waals surface area contributed by atoms with Crippen LogP contribution in [0.3, 0.4) is 0 Å². The second-order valence-electron chi connectivity index (χ2n) is 1.77. The third-order valence-electron chi connectivity index (χ3n) is 0.591. The second-order valence-corrected chi connectivity index (χ2v) is 3.67. The first-order valence-corrected chi connectivity index (χ1v) is 5.43. The first-order chi connectivity index (χ1) is 5.48. The van der Waals surface area contributed by atoms with Gasteiger partial charge in [-0.25, -0.2) is 0 Å². The maximum atomic E-state index is 8.74. The monoisotopic (exact) mass is 237 g/mol. The van der Waals surface area contributed by atoms with Crippen molar-refractivity contribution in [1.82, 2.24) is 0 Å². The van der Waals surface area contributed by atoms with Crippen LogP contribution in [0.2, 0.25) is 0 Å². The molecule has 13 heavy (non-hydrogen) atoms. The molecule has 0 aliphatic rings. The van der Waals surface area contributed by atoms with Crippen LogP contribution < -0.4 is 0 Å². The molecular formula is C3H10O8PS. The van der Waals surface area contributed by atoms with E-state index in [1.54, 1.807) is 0 Å². The van der Waals surface area contributed by atoms with Crippen molar-refractivity contribution in [1.29, 1.82) is 0 Å². The summed E-state index contributed by atoms with van der Waals surface area (Å²) in [6, 6.07) is 0. The van der Waals surface area contributed by atoms with Crippen molar-refractivity contribution in [2.24, 2.45) is 0 Å². The minimum atomic E-state index is -4.67. The standard InChI is InChI=1S/C3H8O4P.H2O4S/c1-8-2(4)3(5,6)7;1-5(2,3)4/h2,4-7H,1H3;(H2,1,2,3,4). The molecule has 0 aromatic heterocycles. The molecule has 0 aromatic carbocycles. The van der Waals surface area contributed by atoms with Crippen molar-refractivity contribution in [2.75, 3.05) is 6.66 Å². The summed E-state index contributed by atoms with van der Waals surface area (Å²) in [5.74, 6) is -4.46. The van der Waals surface area contributed by atoms with Gasteiger partial charge in [-0.15, -0.1) is 0 Å². The minimum absolute atomic E-state index is 0.313. The molecule has 0 saturated carbocycles. The molecule has 0 aromatic rings. The summed E-state index contributed by atoms with van der Waals surface area (Å²) >= 11 is 0. The van der Waals surface area contributed by atoms with E-state index in [1.165, 1.54) is 6.66 Å². The van der Waals surface area contributed by atoms with Crippen LogP contribution in [-0.4, -0.2) is 56.4 Å². The number of aliphatic hydroxyl groups excluding tert-OH is 1. The zero-order valence-corrected chi connectivity index (χ0v) is 8.14. The lowest BCUT2D eigenvalue weighted by Crippen LogP contribution is -2.38. The fraction of sp³-hybridized carbons (Fsp3) is 1.00. The number of hydrogen-bond donors (Lipinski definition) is 6. The summed E-state index contributed by atoms with van der Waals surface area (Å²) in [5.41, 5.74) is 0. The quantitative estimate of drug-likeness (QED) is 0.180. The van der Waals surface area contributed by atoms with Gasteiger partial charge in [0.05, 0.1) is 0 Å². The van der Waals surface area contributed by atoms with Gasteiger partial charge < -0.3 is 20.4 Å². The fourth-order valence-electron chi connectivity index (χ4n) is 0.173. The molecule has 10 heteroatoms. The molecule has 6 N–H and O–H groups in total. The molecular weight excluding hydrogens is 227 g/mol. The fourth-order valence-corrected chi connectivity index (χ4v) is 0.520. The molecule has 0 aliphatic heterocycles. The Morgan fingerprint density at radius 3 is 1.46 bits per heavy atom. The van der Waals surface area contributed by atoms with Gasteiger partial charge >= 0.3 is 16.4 Å². The third kappa shape index (κ3) is 18.8. The molecule has 0 rings (SSSR count). The molecule has 81 valence electrons. The average Bonchev–Trinajstić information content (AvgIpc) is 1.80. The van der Waals surface area contributed by atoms with E-state index in [0.717, 1.165) is 0 Å². The van der Waals surface area contributed by atoms with Crippen LogP contribution in [-0.2, 0) is 10.4 Å². The molecule has 1 atom stereocenters. The van der Waals surface area contributed by atoms with E-state index in [0.29, 0.717) is 8.58 Å². The highest BCUT2D eigenvalue weighted by Crippen LogP contribution is 2.18. The molecule has 0 aliphatic carbocycles. The van der Waals surface area contributed by atoms with Gasteiger partial charge in [0, 0.05) is 0 Å². The molecule has 0 bridgehead atoms. The lowest BCUT2D eigenvalue weighted by Gasteiger charge is -2.18. The summed E-state index contributed by atoms with van der Waals surface area (Å²) < 4.78 is 31.6. The Balaban J connectivity index is 0. The van der Waals surface area contributed by atoms with Gasteiger partial charge in [-0.05, 0) is 15.2 Å². The zero-order valence-electron chi connectivity index (χ0n) is 6.43. The Kier molecular flexibility index (Phi) is 6.94. The van der Waals surface area contributed by atoms with Crippen molar-refractivity contribution in [3.05, 3.63) is 0 Å². The highest BCUT2D eigenvalue weighted by atomic mass is 32.3. The van der Waals surface area contributed by atoms with Crippen molar-refractivity contribution < 1.29 is 37.9 Å². The molecule has 8 nitrogen and oxygen atoms in total. The van der Waals surface area contributed by atoms with E-state index in [-0.39, 0.29) is 0 Å². The average molecular weight is 237 g/mol. The normalized spacial score (nSPS) is 15.3. The molecule has 0 heterocycles. The summed E-state index contributed by atoms with van der Waals surface area (Å²) in [7, 11) is -4.35. The molecule has 0 amide bonds. The van der Waals surface area contributed by atoms with Crippen LogP contribution in [0, 0.1) is 0 Å². The minimum Gasteiger partial charge on any atom is -0.380 e. The molecule has 0 fully saturated rings. The lowest BCUT2D eigenvalue weighted by atomic mass is 10.6. The Hall–Kier alpha value is 0.140. The Bertz CT molecular complexity index is 208. The van der Waals surface area contributed by atoms with Crippen LogP contribution in [0.25, 0.3) is 0 Å². The summed E-state index contributed by atoms with van der Waals surface area (Å²) in [5, 5.41) is 32.9. The van der Waals surface area contributed by atoms with E-state index in [2.05, 4.69) is 0 Å². The molecule has 0 saturated heterocycles. The van der Waals surface area contributed by atoms with Crippen molar-refractivity contribution >= 4 is 19.0 Å². The van der Waals surface area contributed by atoms with Crippen LogP contribution in [0.15, 0.2) is 0 Å². The predicted molar refractivity (Wildman–Crippen MR) is 42.4 cm³/mol. The highest BCUT2D eigenvalue weighted by molar-refractivity contribution is 7.79. The lowest BCUT2D eigenvalue weighted by molar-refractivity contribution is -0.336. The summed E-state index contributed by atoms with van der Waals surface area (Å²) in [4.78, 5) is 0. The predicted octanol–water partition coefficient (Wildman–Crippen LogP) is -2.14. The maximum absolute atomic E-state index is 8.74. The maximum Gasteiger partial charge on any atom is 0.394 e. The van der Waals surface area contributed by atoms with Gasteiger partial charge in [-0.2, -0.15) is 8.42 Å².